The monoisotopic (exact) mass is 270 g/mol. The molecular weight excluding hydrogens is 244 g/mol. The smallest absolute Gasteiger partial charge is 0.310 e. The van der Waals surface area contributed by atoms with Crippen LogP contribution in [0, 0.1) is 5.41 Å². The summed E-state index contributed by atoms with van der Waals surface area (Å²) in [5.41, 5.74) is -0.640. The molecule has 19 heavy (non-hydrogen) atoms. The highest BCUT2D eigenvalue weighted by Crippen LogP contribution is 2.35. The average Bonchev–Trinajstić information content (AvgIpc) is 2.74. The normalized spacial score (nSPS) is 23.5. The van der Waals surface area contributed by atoms with E-state index in [0.29, 0.717) is 39.0 Å². The number of hydrogen-bond acceptors (Lipinski definition) is 3. The molecule has 1 atom stereocenters. The van der Waals surface area contributed by atoms with Crippen LogP contribution in [0.2, 0.25) is 0 Å². The summed E-state index contributed by atoms with van der Waals surface area (Å²) >= 11 is 0. The molecule has 0 aromatic heterocycles. The van der Waals surface area contributed by atoms with Crippen molar-refractivity contribution in [3.8, 4) is 0 Å². The van der Waals surface area contributed by atoms with Crippen LogP contribution in [0.5, 0.6) is 0 Å². The van der Waals surface area contributed by atoms with E-state index in [2.05, 4.69) is 12.2 Å². The number of nitrogens with one attached hydrogen (secondary N) is 1. The van der Waals surface area contributed by atoms with E-state index in [1.165, 1.54) is 0 Å². The molecule has 1 unspecified atom stereocenters. The molecular formula is C14H26N2O3. The van der Waals surface area contributed by atoms with Gasteiger partial charge in [-0.15, -0.1) is 0 Å². The third-order valence-electron chi connectivity index (χ3n) is 3.83. The zero-order valence-corrected chi connectivity index (χ0v) is 12.1. The first-order valence-corrected chi connectivity index (χ1v) is 7.26. The van der Waals surface area contributed by atoms with Gasteiger partial charge in [-0.2, -0.15) is 0 Å². The average molecular weight is 270 g/mol. The molecule has 0 saturated carbocycles. The molecule has 1 aliphatic heterocycles. The van der Waals surface area contributed by atoms with Crippen LogP contribution in [-0.4, -0.2) is 48.1 Å². The first-order chi connectivity index (χ1) is 9.04. The number of nitrogens with zero attached hydrogens (tertiary/aromatic N) is 1. The summed E-state index contributed by atoms with van der Waals surface area (Å²) in [4.78, 5) is 25.1. The van der Waals surface area contributed by atoms with Gasteiger partial charge in [0.05, 0.1) is 12.0 Å². The summed E-state index contributed by atoms with van der Waals surface area (Å²) in [5, 5.41) is 12.3. The molecule has 0 aromatic carbocycles. The molecule has 0 aromatic rings. The highest BCUT2D eigenvalue weighted by Gasteiger charge is 2.44. The number of unbranched alkanes of at least 4 members (excludes halogenated alkanes) is 1. The first-order valence-electron chi connectivity index (χ1n) is 7.26. The van der Waals surface area contributed by atoms with Crippen LogP contribution in [0.3, 0.4) is 0 Å². The molecule has 0 bridgehead atoms. The van der Waals surface area contributed by atoms with Gasteiger partial charge in [-0.25, -0.2) is 0 Å². The second-order valence-corrected chi connectivity index (χ2v) is 5.50. The van der Waals surface area contributed by atoms with Crippen LogP contribution >= 0.6 is 0 Å². The molecule has 5 heteroatoms. The summed E-state index contributed by atoms with van der Waals surface area (Å²) in [6.45, 7) is 6.32. The van der Waals surface area contributed by atoms with Gasteiger partial charge in [0.15, 0.2) is 0 Å². The van der Waals surface area contributed by atoms with Crippen LogP contribution in [-0.2, 0) is 9.59 Å². The Bertz CT molecular complexity index is 320. The maximum Gasteiger partial charge on any atom is 0.310 e. The molecule has 0 aliphatic carbocycles. The van der Waals surface area contributed by atoms with Crippen LogP contribution in [0.15, 0.2) is 0 Å². The fourth-order valence-corrected chi connectivity index (χ4v) is 2.72. The lowest BCUT2D eigenvalue weighted by atomic mass is 9.83. The van der Waals surface area contributed by atoms with Crippen molar-refractivity contribution in [3.05, 3.63) is 0 Å². The summed E-state index contributed by atoms with van der Waals surface area (Å²) < 4.78 is 0. The van der Waals surface area contributed by atoms with Crippen molar-refractivity contribution in [2.45, 2.75) is 46.0 Å². The number of carboxylic acid groups (broad SMARTS) is 1. The number of rotatable bonds is 8. The molecule has 2 N–H and O–H groups in total. The van der Waals surface area contributed by atoms with E-state index in [0.717, 1.165) is 19.3 Å². The van der Waals surface area contributed by atoms with Gasteiger partial charge in [0.2, 0.25) is 5.91 Å². The van der Waals surface area contributed by atoms with E-state index >= 15 is 0 Å². The number of amides is 1. The maximum absolute atomic E-state index is 11.7. The summed E-state index contributed by atoms with van der Waals surface area (Å²) in [5.74, 6) is -0.714. The molecule has 1 amide bonds. The van der Waals surface area contributed by atoms with Crippen molar-refractivity contribution in [1.82, 2.24) is 10.2 Å². The number of hydrogen-bond donors (Lipinski definition) is 2. The molecule has 0 spiro atoms. The highest BCUT2D eigenvalue weighted by atomic mass is 16.4. The Kier molecular flexibility index (Phi) is 6.28. The number of aliphatic carboxylic acids is 1. The number of carbonyl (C=O) groups excluding carboxylic acids is 1. The van der Waals surface area contributed by atoms with Crippen molar-refractivity contribution in [3.63, 3.8) is 0 Å². The van der Waals surface area contributed by atoms with E-state index in [1.807, 2.05) is 11.8 Å². The van der Waals surface area contributed by atoms with Gasteiger partial charge in [-0.05, 0) is 25.8 Å². The number of likely N-dealkylation sites (tertiary alicyclic amines) is 1. The molecule has 5 nitrogen and oxygen atoms in total. The van der Waals surface area contributed by atoms with Crippen molar-refractivity contribution in [1.29, 1.82) is 0 Å². The van der Waals surface area contributed by atoms with Gasteiger partial charge >= 0.3 is 5.97 Å². The van der Waals surface area contributed by atoms with Crippen molar-refractivity contribution in [2.75, 3.05) is 26.2 Å². The van der Waals surface area contributed by atoms with Crippen LogP contribution in [0.1, 0.15) is 46.0 Å². The predicted octanol–water partition coefficient (Wildman–Crippen LogP) is 1.48. The number of carboxylic acids is 1. The van der Waals surface area contributed by atoms with Gasteiger partial charge < -0.3 is 10.4 Å². The Morgan fingerprint density at radius 1 is 1.32 bits per heavy atom. The molecule has 1 rings (SSSR count). The van der Waals surface area contributed by atoms with Crippen LogP contribution in [0.4, 0.5) is 0 Å². The minimum absolute atomic E-state index is 0.00568. The molecule has 110 valence electrons. The maximum atomic E-state index is 11.7. The van der Waals surface area contributed by atoms with Gasteiger partial charge in [0.25, 0.3) is 0 Å². The van der Waals surface area contributed by atoms with Crippen LogP contribution in [0.25, 0.3) is 0 Å². The molecule has 1 fully saturated rings. The fourth-order valence-electron chi connectivity index (χ4n) is 2.72. The fraction of sp³-hybridized carbons (Fsp3) is 0.857. The van der Waals surface area contributed by atoms with E-state index in [1.54, 1.807) is 0 Å². The van der Waals surface area contributed by atoms with Crippen molar-refractivity contribution < 1.29 is 14.7 Å². The lowest BCUT2D eigenvalue weighted by Gasteiger charge is -2.24. The highest BCUT2D eigenvalue weighted by molar-refractivity contribution is 5.79. The lowest BCUT2D eigenvalue weighted by molar-refractivity contribution is -0.148. The SMILES string of the molecule is CCCCNC(=O)CN1CCC(CCC)(C(=O)O)C1. The third-order valence-corrected chi connectivity index (χ3v) is 3.83. The lowest BCUT2D eigenvalue weighted by Crippen LogP contribution is -2.39. The molecule has 1 aliphatic rings. The minimum Gasteiger partial charge on any atom is -0.481 e. The quantitative estimate of drug-likeness (QED) is 0.655. The standard InChI is InChI=1S/C14H26N2O3/c1-3-5-8-15-12(17)10-16-9-7-14(11-16,6-4-2)13(18)19/h3-11H2,1-2H3,(H,15,17)(H,18,19). The summed E-state index contributed by atoms with van der Waals surface area (Å²) in [6, 6.07) is 0. The second-order valence-electron chi connectivity index (χ2n) is 5.50. The Morgan fingerprint density at radius 3 is 2.63 bits per heavy atom. The van der Waals surface area contributed by atoms with E-state index in [-0.39, 0.29) is 5.91 Å². The van der Waals surface area contributed by atoms with E-state index < -0.39 is 11.4 Å². The second kappa shape index (κ2) is 7.48. The van der Waals surface area contributed by atoms with Crippen LogP contribution < -0.4 is 5.32 Å². The zero-order chi connectivity index (χ0) is 14.3. The van der Waals surface area contributed by atoms with E-state index in [4.69, 9.17) is 0 Å². The Labute approximate surface area is 115 Å². The number of carbonyl (C=O) groups is 2. The van der Waals surface area contributed by atoms with Gasteiger partial charge in [-0.3, -0.25) is 14.5 Å². The Morgan fingerprint density at radius 2 is 2.05 bits per heavy atom. The van der Waals surface area contributed by atoms with Gasteiger partial charge in [0.1, 0.15) is 0 Å². The van der Waals surface area contributed by atoms with Gasteiger partial charge in [-0.1, -0.05) is 26.7 Å². The largest absolute Gasteiger partial charge is 0.481 e. The van der Waals surface area contributed by atoms with Crippen molar-refractivity contribution >= 4 is 11.9 Å². The van der Waals surface area contributed by atoms with Gasteiger partial charge in [0, 0.05) is 13.1 Å². The molecule has 1 saturated heterocycles. The zero-order valence-electron chi connectivity index (χ0n) is 12.1. The third kappa shape index (κ3) is 4.49. The summed E-state index contributed by atoms with van der Waals surface area (Å²) in [6.07, 6.45) is 4.25. The van der Waals surface area contributed by atoms with Crippen molar-refractivity contribution in [2.24, 2.45) is 5.41 Å². The molecule has 1 heterocycles. The minimum atomic E-state index is -0.719. The first kappa shape index (κ1) is 16.0. The molecule has 0 radical (unpaired) electrons. The topological polar surface area (TPSA) is 69.6 Å². The summed E-state index contributed by atoms with van der Waals surface area (Å²) in [7, 11) is 0. The Balaban J connectivity index is 2.42. The predicted molar refractivity (Wildman–Crippen MR) is 74.0 cm³/mol. The van der Waals surface area contributed by atoms with E-state index in [9.17, 15) is 14.7 Å². The Hall–Kier alpha value is -1.10.